The average Bonchev–Trinajstić information content (AvgIpc) is 2.29. The SMILES string of the molecule is COCCNC(=O)CN(C)c1ncc[nH]c1=O. The summed E-state index contributed by atoms with van der Waals surface area (Å²) in [6.07, 6.45) is 2.91. The molecule has 0 unspecified atom stereocenters. The first-order valence-electron chi connectivity index (χ1n) is 5.15. The first-order valence-corrected chi connectivity index (χ1v) is 5.15. The van der Waals surface area contributed by atoms with Gasteiger partial charge in [-0.3, -0.25) is 9.59 Å². The number of aromatic nitrogens is 2. The highest BCUT2D eigenvalue weighted by Gasteiger charge is 2.10. The number of nitrogens with zero attached hydrogens (tertiary/aromatic N) is 2. The second kappa shape index (κ2) is 6.64. The molecule has 0 aliphatic carbocycles. The van der Waals surface area contributed by atoms with Crippen LogP contribution in [-0.4, -0.2) is 49.7 Å². The largest absolute Gasteiger partial charge is 0.383 e. The van der Waals surface area contributed by atoms with Crippen LogP contribution in [0.4, 0.5) is 5.82 Å². The van der Waals surface area contributed by atoms with Crippen molar-refractivity contribution < 1.29 is 9.53 Å². The first-order chi connectivity index (χ1) is 8.15. The van der Waals surface area contributed by atoms with Gasteiger partial charge in [0.1, 0.15) is 0 Å². The van der Waals surface area contributed by atoms with Crippen molar-refractivity contribution in [3.63, 3.8) is 0 Å². The van der Waals surface area contributed by atoms with Crippen molar-refractivity contribution in [2.45, 2.75) is 0 Å². The molecule has 0 aliphatic heterocycles. The Bertz CT molecular complexity index is 418. The van der Waals surface area contributed by atoms with Crippen LogP contribution in [-0.2, 0) is 9.53 Å². The smallest absolute Gasteiger partial charge is 0.290 e. The molecule has 0 aromatic carbocycles. The predicted octanol–water partition coefficient (Wildman–Crippen LogP) is -1.03. The van der Waals surface area contributed by atoms with E-state index in [2.05, 4.69) is 15.3 Å². The van der Waals surface area contributed by atoms with Crippen LogP contribution in [0, 0.1) is 0 Å². The van der Waals surface area contributed by atoms with E-state index in [0.29, 0.717) is 13.2 Å². The molecule has 94 valence electrons. The molecule has 0 radical (unpaired) electrons. The van der Waals surface area contributed by atoms with Gasteiger partial charge in [-0.25, -0.2) is 4.98 Å². The summed E-state index contributed by atoms with van der Waals surface area (Å²) < 4.78 is 4.81. The summed E-state index contributed by atoms with van der Waals surface area (Å²) in [5.74, 6) is 0.0315. The standard InChI is InChI=1S/C10H16N4O3/c1-14(7-8(15)11-5-6-17-2)9-10(16)13-4-3-12-9/h3-4H,5-7H2,1-2H3,(H,11,15)(H,13,16). The Morgan fingerprint density at radius 1 is 1.65 bits per heavy atom. The summed E-state index contributed by atoms with van der Waals surface area (Å²) in [7, 11) is 3.19. The number of likely N-dealkylation sites (N-methyl/N-ethyl adjacent to an activating group) is 1. The molecule has 7 nitrogen and oxygen atoms in total. The topological polar surface area (TPSA) is 87.3 Å². The molecule has 1 rings (SSSR count). The lowest BCUT2D eigenvalue weighted by molar-refractivity contribution is -0.119. The molecule has 0 bridgehead atoms. The second-order valence-corrected chi connectivity index (χ2v) is 3.44. The number of rotatable bonds is 6. The van der Waals surface area contributed by atoms with Crippen molar-refractivity contribution in [2.24, 2.45) is 0 Å². The molecule has 0 atom stereocenters. The minimum absolute atomic E-state index is 0.0732. The number of nitrogens with one attached hydrogen (secondary N) is 2. The van der Waals surface area contributed by atoms with Gasteiger partial charge in [-0.2, -0.15) is 0 Å². The molecule has 7 heteroatoms. The van der Waals surface area contributed by atoms with E-state index in [1.54, 1.807) is 14.2 Å². The Labute approximate surface area is 98.8 Å². The minimum Gasteiger partial charge on any atom is -0.383 e. The molecular weight excluding hydrogens is 224 g/mol. The Kier molecular flexibility index (Phi) is 5.15. The quantitative estimate of drug-likeness (QED) is 0.621. The van der Waals surface area contributed by atoms with Gasteiger partial charge in [0.15, 0.2) is 5.82 Å². The van der Waals surface area contributed by atoms with Crippen molar-refractivity contribution in [2.75, 3.05) is 38.8 Å². The molecule has 1 heterocycles. The zero-order valence-corrected chi connectivity index (χ0v) is 9.90. The van der Waals surface area contributed by atoms with Crippen LogP contribution in [0.1, 0.15) is 0 Å². The predicted molar refractivity (Wildman–Crippen MR) is 63.0 cm³/mol. The molecule has 0 saturated carbocycles. The maximum absolute atomic E-state index is 11.5. The van der Waals surface area contributed by atoms with Crippen LogP contribution < -0.4 is 15.8 Å². The average molecular weight is 240 g/mol. The third-order valence-electron chi connectivity index (χ3n) is 2.06. The van der Waals surface area contributed by atoms with E-state index in [9.17, 15) is 9.59 Å². The van der Waals surface area contributed by atoms with Gasteiger partial charge in [-0.15, -0.1) is 0 Å². The molecule has 0 aliphatic rings. The van der Waals surface area contributed by atoms with E-state index in [-0.39, 0.29) is 23.8 Å². The van der Waals surface area contributed by atoms with Gasteiger partial charge in [0, 0.05) is 33.1 Å². The fraction of sp³-hybridized carbons (Fsp3) is 0.500. The number of anilines is 1. The number of carbonyl (C=O) groups excluding carboxylic acids is 1. The lowest BCUT2D eigenvalue weighted by Crippen LogP contribution is -2.38. The fourth-order valence-electron chi connectivity index (χ4n) is 1.25. The van der Waals surface area contributed by atoms with E-state index in [4.69, 9.17) is 4.74 Å². The van der Waals surface area contributed by atoms with Crippen LogP contribution in [0.15, 0.2) is 17.2 Å². The number of hydrogen-bond acceptors (Lipinski definition) is 5. The molecule has 0 saturated heterocycles. The number of hydrogen-bond donors (Lipinski definition) is 2. The van der Waals surface area contributed by atoms with Gasteiger partial charge in [-0.1, -0.05) is 0 Å². The summed E-state index contributed by atoms with van der Waals surface area (Å²) in [5, 5.41) is 2.66. The monoisotopic (exact) mass is 240 g/mol. The minimum atomic E-state index is -0.320. The third kappa shape index (κ3) is 4.23. The Morgan fingerprint density at radius 3 is 3.06 bits per heavy atom. The highest BCUT2D eigenvalue weighted by Crippen LogP contribution is 1.97. The van der Waals surface area contributed by atoms with Gasteiger partial charge in [0.2, 0.25) is 5.91 Å². The zero-order valence-electron chi connectivity index (χ0n) is 9.90. The molecular formula is C10H16N4O3. The summed E-state index contributed by atoms with van der Waals surface area (Å²) in [5.41, 5.74) is -0.320. The number of carbonyl (C=O) groups is 1. The van der Waals surface area contributed by atoms with Crippen molar-refractivity contribution in [1.82, 2.24) is 15.3 Å². The lowest BCUT2D eigenvalue weighted by Gasteiger charge is -2.16. The number of H-pyrrole nitrogens is 1. The van der Waals surface area contributed by atoms with Crippen LogP contribution in [0.3, 0.4) is 0 Å². The summed E-state index contributed by atoms with van der Waals surface area (Å²) in [6.45, 7) is 0.977. The van der Waals surface area contributed by atoms with Crippen LogP contribution in [0.2, 0.25) is 0 Å². The molecule has 1 aromatic heterocycles. The van der Waals surface area contributed by atoms with Gasteiger partial charge >= 0.3 is 0 Å². The maximum Gasteiger partial charge on any atom is 0.290 e. The van der Waals surface area contributed by atoms with Crippen molar-refractivity contribution in [3.8, 4) is 0 Å². The van der Waals surface area contributed by atoms with Crippen LogP contribution in [0.5, 0.6) is 0 Å². The van der Waals surface area contributed by atoms with E-state index in [0.717, 1.165) is 0 Å². The molecule has 17 heavy (non-hydrogen) atoms. The normalized spacial score (nSPS) is 10.0. The third-order valence-corrected chi connectivity index (χ3v) is 2.06. The number of aromatic amines is 1. The van der Waals surface area contributed by atoms with E-state index in [1.807, 2.05) is 0 Å². The van der Waals surface area contributed by atoms with E-state index >= 15 is 0 Å². The zero-order chi connectivity index (χ0) is 12.7. The molecule has 2 N–H and O–H groups in total. The van der Waals surface area contributed by atoms with Crippen molar-refractivity contribution in [3.05, 3.63) is 22.7 Å². The maximum atomic E-state index is 11.5. The summed E-state index contributed by atoms with van der Waals surface area (Å²) >= 11 is 0. The van der Waals surface area contributed by atoms with E-state index < -0.39 is 0 Å². The van der Waals surface area contributed by atoms with Crippen molar-refractivity contribution in [1.29, 1.82) is 0 Å². The molecule has 1 amide bonds. The Balaban J connectivity index is 2.49. The summed E-state index contributed by atoms with van der Waals surface area (Å²) in [4.78, 5) is 30.7. The van der Waals surface area contributed by atoms with Crippen LogP contribution >= 0.6 is 0 Å². The van der Waals surface area contributed by atoms with Gasteiger partial charge in [0.05, 0.1) is 13.2 Å². The highest BCUT2D eigenvalue weighted by atomic mass is 16.5. The second-order valence-electron chi connectivity index (χ2n) is 3.44. The van der Waals surface area contributed by atoms with Gasteiger partial charge < -0.3 is 19.9 Å². The molecule has 0 spiro atoms. The van der Waals surface area contributed by atoms with Gasteiger partial charge in [-0.05, 0) is 0 Å². The van der Waals surface area contributed by atoms with Crippen LogP contribution in [0.25, 0.3) is 0 Å². The first kappa shape index (κ1) is 13.2. The number of amides is 1. The lowest BCUT2D eigenvalue weighted by atomic mass is 10.4. The number of methoxy groups -OCH3 is 1. The Hall–Kier alpha value is -1.89. The molecule has 0 fully saturated rings. The summed E-state index contributed by atoms with van der Waals surface area (Å²) in [6, 6.07) is 0. The van der Waals surface area contributed by atoms with Gasteiger partial charge in [0.25, 0.3) is 5.56 Å². The number of ether oxygens (including phenoxy) is 1. The fourth-order valence-corrected chi connectivity index (χ4v) is 1.25. The molecule has 1 aromatic rings. The van der Waals surface area contributed by atoms with E-state index in [1.165, 1.54) is 17.3 Å². The highest BCUT2D eigenvalue weighted by molar-refractivity contribution is 5.80. The van der Waals surface area contributed by atoms with Crippen molar-refractivity contribution >= 4 is 11.7 Å². The Morgan fingerprint density at radius 2 is 2.41 bits per heavy atom.